The van der Waals surface area contributed by atoms with E-state index in [2.05, 4.69) is 5.32 Å². The van der Waals surface area contributed by atoms with Crippen LogP contribution in [-0.2, 0) is 16.6 Å². The Kier molecular flexibility index (Phi) is 5.00. The van der Waals surface area contributed by atoms with Crippen LogP contribution < -0.4 is 10.5 Å². The van der Waals surface area contributed by atoms with Crippen LogP contribution >= 0.6 is 11.6 Å². The Labute approximate surface area is 130 Å². The Balaban J connectivity index is 2.02. The van der Waals surface area contributed by atoms with E-state index in [1.165, 1.54) is 12.1 Å². The number of sulfonamides is 1. The Morgan fingerprint density at radius 2 is 1.76 bits per heavy atom. The second kappa shape index (κ2) is 6.58. The molecule has 0 saturated carbocycles. The lowest BCUT2D eigenvalue weighted by atomic mass is 10.1. The van der Waals surface area contributed by atoms with Crippen molar-refractivity contribution in [2.24, 2.45) is 5.14 Å². The summed E-state index contributed by atoms with van der Waals surface area (Å²) >= 11 is 6.15. The van der Waals surface area contributed by atoms with E-state index in [4.69, 9.17) is 16.7 Å². The fraction of sp³-hybridized carbons (Fsp3) is 0.200. The van der Waals surface area contributed by atoms with Crippen molar-refractivity contribution in [2.75, 3.05) is 0 Å². The molecule has 0 amide bonds. The van der Waals surface area contributed by atoms with E-state index in [0.29, 0.717) is 6.54 Å². The SMILES string of the molecule is CC(NCc1ccc(S(N)(=O)=O)cc1)c1ccccc1Cl. The Hall–Kier alpha value is -1.40. The first-order valence-electron chi connectivity index (χ1n) is 6.47. The van der Waals surface area contributed by atoms with Gasteiger partial charge in [-0.2, -0.15) is 0 Å². The molecule has 0 aliphatic heterocycles. The molecule has 4 nitrogen and oxygen atoms in total. The Morgan fingerprint density at radius 3 is 2.33 bits per heavy atom. The minimum absolute atomic E-state index is 0.0941. The second-order valence-corrected chi connectivity index (χ2v) is 6.78. The zero-order valence-electron chi connectivity index (χ0n) is 11.6. The number of nitrogens with one attached hydrogen (secondary N) is 1. The predicted molar refractivity (Wildman–Crippen MR) is 84.5 cm³/mol. The van der Waals surface area contributed by atoms with Crippen LogP contribution in [0.3, 0.4) is 0 Å². The standard InChI is InChI=1S/C15H17ClN2O2S/c1-11(14-4-2-3-5-15(14)16)18-10-12-6-8-13(9-7-12)21(17,19)20/h2-9,11,18H,10H2,1H3,(H2,17,19,20). The van der Waals surface area contributed by atoms with Crippen molar-refractivity contribution in [3.05, 3.63) is 64.7 Å². The van der Waals surface area contributed by atoms with E-state index in [9.17, 15) is 8.42 Å². The first-order chi connectivity index (χ1) is 9.88. The molecule has 0 heterocycles. The molecule has 0 bridgehead atoms. The van der Waals surface area contributed by atoms with Crippen LogP contribution in [0.15, 0.2) is 53.4 Å². The maximum Gasteiger partial charge on any atom is 0.238 e. The maximum atomic E-state index is 11.2. The van der Waals surface area contributed by atoms with Gasteiger partial charge in [0.1, 0.15) is 0 Å². The molecule has 1 unspecified atom stereocenters. The number of hydrogen-bond acceptors (Lipinski definition) is 3. The zero-order valence-corrected chi connectivity index (χ0v) is 13.2. The van der Waals surface area contributed by atoms with Crippen molar-refractivity contribution < 1.29 is 8.42 Å². The molecule has 21 heavy (non-hydrogen) atoms. The van der Waals surface area contributed by atoms with Gasteiger partial charge in [-0.1, -0.05) is 41.9 Å². The highest BCUT2D eigenvalue weighted by Crippen LogP contribution is 2.22. The third kappa shape index (κ3) is 4.28. The van der Waals surface area contributed by atoms with Crippen molar-refractivity contribution in [1.29, 1.82) is 0 Å². The van der Waals surface area contributed by atoms with Gasteiger partial charge in [0.25, 0.3) is 0 Å². The average Bonchev–Trinajstić information content (AvgIpc) is 2.45. The molecule has 0 aliphatic carbocycles. The predicted octanol–water partition coefficient (Wildman–Crippen LogP) is 2.84. The van der Waals surface area contributed by atoms with Crippen LogP contribution in [0.25, 0.3) is 0 Å². The summed E-state index contributed by atoms with van der Waals surface area (Å²) < 4.78 is 22.4. The normalized spacial score (nSPS) is 13.1. The summed E-state index contributed by atoms with van der Waals surface area (Å²) in [4.78, 5) is 0.116. The third-order valence-electron chi connectivity index (χ3n) is 3.24. The summed E-state index contributed by atoms with van der Waals surface area (Å²) in [5.41, 5.74) is 2.00. The van der Waals surface area contributed by atoms with Crippen LogP contribution in [0.2, 0.25) is 5.02 Å². The molecule has 0 radical (unpaired) electrons. The van der Waals surface area contributed by atoms with Gasteiger partial charge in [-0.3, -0.25) is 0 Å². The summed E-state index contributed by atoms with van der Waals surface area (Å²) in [6, 6.07) is 14.3. The maximum absolute atomic E-state index is 11.2. The number of halogens is 1. The molecule has 0 fully saturated rings. The number of primary sulfonamides is 1. The van der Waals surface area contributed by atoms with Crippen LogP contribution in [0.1, 0.15) is 24.1 Å². The van der Waals surface area contributed by atoms with Crippen LogP contribution in [-0.4, -0.2) is 8.42 Å². The Morgan fingerprint density at radius 1 is 1.14 bits per heavy atom. The van der Waals surface area contributed by atoms with Gasteiger partial charge in [-0.15, -0.1) is 0 Å². The molecule has 0 spiro atoms. The van der Waals surface area contributed by atoms with Gasteiger partial charge in [0.05, 0.1) is 4.90 Å². The molecule has 2 aromatic rings. The lowest BCUT2D eigenvalue weighted by Crippen LogP contribution is -2.18. The van der Waals surface area contributed by atoms with Gasteiger partial charge < -0.3 is 5.32 Å². The Bertz CT molecular complexity index is 715. The number of nitrogens with two attached hydrogens (primary N) is 1. The molecule has 2 aromatic carbocycles. The molecule has 0 aliphatic rings. The highest BCUT2D eigenvalue weighted by molar-refractivity contribution is 7.89. The molecular formula is C15H17ClN2O2S. The fourth-order valence-electron chi connectivity index (χ4n) is 2.00. The highest BCUT2D eigenvalue weighted by atomic mass is 35.5. The molecule has 3 N–H and O–H groups in total. The highest BCUT2D eigenvalue weighted by Gasteiger charge is 2.09. The summed E-state index contributed by atoms with van der Waals surface area (Å²) in [7, 11) is -3.64. The summed E-state index contributed by atoms with van der Waals surface area (Å²) in [5, 5.41) is 9.14. The molecule has 112 valence electrons. The van der Waals surface area contributed by atoms with E-state index >= 15 is 0 Å². The van der Waals surface area contributed by atoms with Crippen molar-refractivity contribution in [3.63, 3.8) is 0 Å². The molecule has 0 aromatic heterocycles. The van der Waals surface area contributed by atoms with Gasteiger partial charge in [0.2, 0.25) is 10.0 Å². The average molecular weight is 325 g/mol. The smallest absolute Gasteiger partial charge is 0.238 e. The molecular weight excluding hydrogens is 308 g/mol. The van der Waals surface area contributed by atoms with Crippen molar-refractivity contribution >= 4 is 21.6 Å². The first kappa shape index (κ1) is 16.0. The third-order valence-corrected chi connectivity index (χ3v) is 4.51. The zero-order chi connectivity index (χ0) is 15.5. The number of benzene rings is 2. The lowest BCUT2D eigenvalue weighted by molar-refractivity contribution is 0.574. The van der Waals surface area contributed by atoms with Crippen LogP contribution in [0.5, 0.6) is 0 Å². The first-order valence-corrected chi connectivity index (χ1v) is 8.40. The minimum Gasteiger partial charge on any atom is -0.306 e. The van der Waals surface area contributed by atoms with Crippen LogP contribution in [0.4, 0.5) is 0 Å². The van der Waals surface area contributed by atoms with E-state index in [0.717, 1.165) is 16.1 Å². The van der Waals surface area contributed by atoms with E-state index in [-0.39, 0.29) is 10.9 Å². The topological polar surface area (TPSA) is 72.2 Å². The van der Waals surface area contributed by atoms with E-state index in [1.807, 2.05) is 31.2 Å². The number of rotatable bonds is 5. The summed E-state index contributed by atoms with van der Waals surface area (Å²) in [6.45, 7) is 2.64. The van der Waals surface area contributed by atoms with Gasteiger partial charge in [0, 0.05) is 17.6 Å². The van der Waals surface area contributed by atoms with E-state index < -0.39 is 10.0 Å². The van der Waals surface area contributed by atoms with Crippen molar-refractivity contribution in [1.82, 2.24) is 5.32 Å². The fourth-order valence-corrected chi connectivity index (χ4v) is 2.82. The van der Waals surface area contributed by atoms with E-state index in [1.54, 1.807) is 12.1 Å². The van der Waals surface area contributed by atoms with Crippen molar-refractivity contribution in [3.8, 4) is 0 Å². The molecule has 2 rings (SSSR count). The molecule has 6 heteroatoms. The van der Waals surface area contributed by atoms with Gasteiger partial charge in [0.15, 0.2) is 0 Å². The second-order valence-electron chi connectivity index (χ2n) is 4.81. The summed E-state index contributed by atoms with van der Waals surface area (Å²) in [5.74, 6) is 0. The number of hydrogen-bond donors (Lipinski definition) is 2. The van der Waals surface area contributed by atoms with Gasteiger partial charge in [-0.25, -0.2) is 13.6 Å². The monoisotopic (exact) mass is 324 g/mol. The van der Waals surface area contributed by atoms with Gasteiger partial charge in [-0.05, 0) is 36.2 Å². The largest absolute Gasteiger partial charge is 0.306 e. The molecule has 0 saturated heterocycles. The van der Waals surface area contributed by atoms with Crippen molar-refractivity contribution in [2.45, 2.75) is 24.4 Å². The summed E-state index contributed by atoms with van der Waals surface area (Å²) in [6.07, 6.45) is 0. The minimum atomic E-state index is -3.64. The molecule has 1 atom stereocenters. The van der Waals surface area contributed by atoms with Gasteiger partial charge >= 0.3 is 0 Å². The lowest BCUT2D eigenvalue weighted by Gasteiger charge is -2.15. The quantitative estimate of drug-likeness (QED) is 0.888. The van der Waals surface area contributed by atoms with Crippen LogP contribution in [0, 0.1) is 0 Å².